The third kappa shape index (κ3) is 6.14. The highest BCUT2D eigenvalue weighted by atomic mass is 79.9. The molecule has 0 fully saturated rings. The van der Waals surface area contributed by atoms with E-state index in [0.717, 1.165) is 0 Å². The molecule has 2 N–H and O–H groups in total. The first kappa shape index (κ1) is 24.3. The van der Waals surface area contributed by atoms with Crippen LogP contribution in [0.15, 0.2) is 83.0 Å². The lowest BCUT2D eigenvalue weighted by Crippen LogP contribution is -2.31. The monoisotopic (exact) mass is 523 g/mol. The molecule has 3 rings (SSSR count). The molecule has 9 nitrogen and oxygen atoms in total. The Morgan fingerprint density at radius 2 is 1.71 bits per heavy atom. The Hall–Kier alpha value is -4.31. The van der Waals surface area contributed by atoms with Gasteiger partial charge in [-0.3, -0.25) is 19.7 Å². The van der Waals surface area contributed by atoms with Crippen LogP contribution in [0.1, 0.15) is 26.3 Å². The van der Waals surface area contributed by atoms with Gasteiger partial charge in [0.25, 0.3) is 17.5 Å². The summed E-state index contributed by atoms with van der Waals surface area (Å²) in [7, 11) is 1.25. The van der Waals surface area contributed by atoms with Gasteiger partial charge in [0.2, 0.25) is 0 Å². The first-order chi connectivity index (χ1) is 16.3. The molecule has 3 aromatic rings. The maximum absolute atomic E-state index is 13.1. The predicted molar refractivity (Wildman–Crippen MR) is 129 cm³/mol. The number of halogens is 1. The lowest BCUT2D eigenvalue weighted by atomic mass is 10.1. The van der Waals surface area contributed by atoms with E-state index in [1.165, 1.54) is 49.6 Å². The number of ether oxygens (including phenoxy) is 1. The second kappa shape index (κ2) is 11.0. The number of benzene rings is 3. The van der Waals surface area contributed by atoms with Crippen molar-refractivity contribution in [3.8, 4) is 0 Å². The average molecular weight is 524 g/mol. The van der Waals surface area contributed by atoms with Crippen molar-refractivity contribution in [1.82, 2.24) is 5.32 Å². The zero-order chi connectivity index (χ0) is 24.7. The van der Waals surface area contributed by atoms with E-state index >= 15 is 0 Å². The second-order valence-corrected chi connectivity index (χ2v) is 7.72. The van der Waals surface area contributed by atoms with Crippen molar-refractivity contribution in [1.29, 1.82) is 0 Å². The number of carbonyl (C=O) groups is 3. The minimum Gasteiger partial charge on any atom is -0.465 e. The van der Waals surface area contributed by atoms with E-state index in [2.05, 4.69) is 31.3 Å². The highest BCUT2D eigenvalue weighted by Gasteiger charge is 2.17. The number of nitro benzene ring substituents is 1. The van der Waals surface area contributed by atoms with Gasteiger partial charge in [-0.25, -0.2) is 4.79 Å². The molecule has 34 heavy (non-hydrogen) atoms. The Kier molecular flexibility index (Phi) is 7.88. The fraction of sp³-hybridized carbons (Fsp3) is 0.0417. The topological polar surface area (TPSA) is 128 Å². The molecule has 10 heteroatoms. The Labute approximate surface area is 202 Å². The first-order valence-corrected chi connectivity index (χ1v) is 10.6. The highest BCUT2D eigenvalue weighted by Crippen LogP contribution is 2.19. The van der Waals surface area contributed by atoms with Crippen LogP contribution in [0.2, 0.25) is 0 Å². The molecule has 0 radical (unpaired) electrons. The molecule has 0 atom stereocenters. The molecule has 0 aliphatic rings. The van der Waals surface area contributed by atoms with E-state index in [9.17, 15) is 24.5 Å². The number of carbonyl (C=O) groups excluding carboxylic acids is 3. The molecule has 0 aliphatic carbocycles. The molecular formula is C24H18BrN3O6. The van der Waals surface area contributed by atoms with Crippen LogP contribution < -0.4 is 10.6 Å². The number of non-ortho nitro benzene ring substituents is 1. The lowest BCUT2D eigenvalue weighted by molar-refractivity contribution is -0.384. The number of rotatable bonds is 7. The Morgan fingerprint density at radius 3 is 2.35 bits per heavy atom. The van der Waals surface area contributed by atoms with E-state index in [-0.39, 0.29) is 16.9 Å². The summed E-state index contributed by atoms with van der Waals surface area (Å²) in [5.41, 5.74) is 1.07. The van der Waals surface area contributed by atoms with Gasteiger partial charge in [0, 0.05) is 22.3 Å². The number of amides is 2. The second-order valence-electron chi connectivity index (χ2n) is 6.87. The summed E-state index contributed by atoms with van der Waals surface area (Å²) in [6, 6.07) is 18.3. The summed E-state index contributed by atoms with van der Waals surface area (Å²) in [5.74, 6) is -1.78. The van der Waals surface area contributed by atoms with Crippen molar-refractivity contribution >= 4 is 51.2 Å². The van der Waals surface area contributed by atoms with Gasteiger partial charge in [-0.05, 0) is 70.0 Å². The predicted octanol–water partition coefficient (Wildman–Crippen LogP) is 4.55. The lowest BCUT2D eigenvalue weighted by Gasteiger charge is -2.12. The van der Waals surface area contributed by atoms with Crippen LogP contribution in [0.5, 0.6) is 0 Å². The third-order valence-corrected chi connectivity index (χ3v) is 5.26. The van der Waals surface area contributed by atoms with E-state index in [1.807, 2.05) is 0 Å². The van der Waals surface area contributed by atoms with Crippen LogP contribution in [0.3, 0.4) is 0 Å². The van der Waals surface area contributed by atoms with Crippen molar-refractivity contribution in [2.45, 2.75) is 0 Å². The number of hydrogen-bond donors (Lipinski definition) is 2. The summed E-state index contributed by atoms with van der Waals surface area (Å²) in [6.45, 7) is 0. The van der Waals surface area contributed by atoms with Gasteiger partial charge in [0.05, 0.1) is 23.2 Å². The van der Waals surface area contributed by atoms with Crippen molar-refractivity contribution in [2.24, 2.45) is 0 Å². The number of esters is 1. The van der Waals surface area contributed by atoms with Crippen LogP contribution in [0, 0.1) is 10.1 Å². The van der Waals surface area contributed by atoms with E-state index in [0.29, 0.717) is 21.3 Å². The van der Waals surface area contributed by atoms with Gasteiger partial charge in [0.1, 0.15) is 5.70 Å². The summed E-state index contributed by atoms with van der Waals surface area (Å²) in [6.07, 6.45) is 1.39. The van der Waals surface area contributed by atoms with E-state index < -0.39 is 22.7 Å². The zero-order valence-corrected chi connectivity index (χ0v) is 19.4. The molecule has 0 spiro atoms. The van der Waals surface area contributed by atoms with Gasteiger partial charge in [-0.15, -0.1) is 0 Å². The number of nitrogens with one attached hydrogen (secondary N) is 2. The highest BCUT2D eigenvalue weighted by molar-refractivity contribution is 9.10. The number of methoxy groups -OCH3 is 1. The normalized spacial score (nSPS) is 10.8. The summed E-state index contributed by atoms with van der Waals surface area (Å²) in [4.78, 5) is 48.1. The van der Waals surface area contributed by atoms with Gasteiger partial charge >= 0.3 is 5.97 Å². The Bertz CT molecular complexity index is 1290. The Morgan fingerprint density at radius 1 is 1.00 bits per heavy atom. The fourth-order valence-corrected chi connectivity index (χ4v) is 3.36. The number of hydrogen-bond acceptors (Lipinski definition) is 6. The minimum absolute atomic E-state index is 0.111. The first-order valence-electron chi connectivity index (χ1n) is 9.80. The maximum Gasteiger partial charge on any atom is 0.337 e. The largest absolute Gasteiger partial charge is 0.465 e. The van der Waals surface area contributed by atoms with Crippen LogP contribution in [-0.2, 0) is 9.53 Å². The molecule has 2 amide bonds. The average Bonchev–Trinajstić information content (AvgIpc) is 2.83. The molecule has 0 unspecified atom stereocenters. The van der Waals surface area contributed by atoms with Crippen molar-refractivity contribution in [3.63, 3.8) is 0 Å². The standard InChI is InChI=1S/C24H18BrN3O6/c1-34-24(31)16-5-4-6-17(14-16)26-23(30)21(13-15-9-11-18(12-10-15)28(32)33)27-22(29)19-7-2-3-8-20(19)25/h2-14H,1H3,(H,26,30)(H,27,29)/b21-13-. The van der Waals surface area contributed by atoms with Gasteiger partial charge in [-0.2, -0.15) is 0 Å². The third-order valence-electron chi connectivity index (χ3n) is 4.57. The molecule has 0 bridgehead atoms. The number of anilines is 1. The summed E-state index contributed by atoms with van der Waals surface area (Å²) >= 11 is 3.31. The van der Waals surface area contributed by atoms with Crippen molar-refractivity contribution < 1.29 is 24.0 Å². The molecule has 172 valence electrons. The van der Waals surface area contributed by atoms with Crippen LogP contribution in [0.25, 0.3) is 6.08 Å². The molecule has 0 aromatic heterocycles. The number of nitro groups is 1. The quantitative estimate of drug-likeness (QED) is 0.202. The SMILES string of the molecule is COC(=O)c1cccc(NC(=O)/C(=C/c2ccc([N+](=O)[O-])cc2)NC(=O)c2ccccc2Br)c1. The van der Waals surface area contributed by atoms with Crippen LogP contribution >= 0.6 is 15.9 Å². The fourth-order valence-electron chi connectivity index (χ4n) is 2.89. The van der Waals surface area contributed by atoms with Gasteiger partial charge in [-0.1, -0.05) is 18.2 Å². The minimum atomic E-state index is -0.666. The molecular weight excluding hydrogens is 506 g/mol. The van der Waals surface area contributed by atoms with Crippen LogP contribution in [0.4, 0.5) is 11.4 Å². The zero-order valence-electron chi connectivity index (χ0n) is 17.8. The van der Waals surface area contributed by atoms with Crippen LogP contribution in [-0.4, -0.2) is 29.8 Å². The molecule has 0 saturated heterocycles. The Balaban J connectivity index is 1.92. The molecule has 0 heterocycles. The molecule has 0 aliphatic heterocycles. The number of nitrogens with zero attached hydrogens (tertiary/aromatic N) is 1. The smallest absolute Gasteiger partial charge is 0.337 e. The molecule has 3 aromatic carbocycles. The van der Waals surface area contributed by atoms with Crippen molar-refractivity contribution in [3.05, 3.63) is 110 Å². The van der Waals surface area contributed by atoms with Crippen molar-refractivity contribution in [2.75, 3.05) is 12.4 Å². The van der Waals surface area contributed by atoms with Gasteiger partial charge in [0.15, 0.2) is 0 Å². The van der Waals surface area contributed by atoms with Gasteiger partial charge < -0.3 is 15.4 Å². The summed E-state index contributed by atoms with van der Waals surface area (Å²) in [5, 5.41) is 16.1. The van der Waals surface area contributed by atoms with E-state index in [4.69, 9.17) is 0 Å². The van der Waals surface area contributed by atoms with E-state index in [1.54, 1.807) is 36.4 Å². The summed E-state index contributed by atoms with van der Waals surface area (Å²) < 4.78 is 5.23. The maximum atomic E-state index is 13.1. The molecule has 0 saturated carbocycles.